The van der Waals surface area contributed by atoms with E-state index in [0.717, 1.165) is 20.1 Å². The number of nitrogens with one attached hydrogen (secondary N) is 1. The Morgan fingerprint density at radius 3 is 2.30 bits per heavy atom. The highest BCUT2D eigenvalue weighted by molar-refractivity contribution is 9.10. The summed E-state index contributed by atoms with van der Waals surface area (Å²) >= 11 is 6.82. The van der Waals surface area contributed by atoms with Crippen LogP contribution in [0.1, 0.15) is 34.5 Å². The van der Waals surface area contributed by atoms with Crippen molar-refractivity contribution in [3.63, 3.8) is 0 Å². The molecule has 0 aliphatic heterocycles. The first-order chi connectivity index (χ1) is 9.45. The van der Waals surface area contributed by atoms with E-state index < -0.39 is 0 Å². The highest BCUT2D eigenvalue weighted by Gasteiger charge is 2.12. The molecule has 1 atom stereocenters. The highest BCUT2D eigenvalue weighted by atomic mass is 79.9. The van der Waals surface area contributed by atoms with E-state index in [0.29, 0.717) is 5.56 Å². The van der Waals surface area contributed by atoms with Gasteiger partial charge in [0.1, 0.15) is 0 Å². The zero-order valence-corrected chi connectivity index (χ0v) is 14.5. The lowest BCUT2D eigenvalue weighted by Crippen LogP contribution is -2.26. The van der Waals surface area contributed by atoms with Gasteiger partial charge in [-0.2, -0.15) is 0 Å². The molecule has 0 fully saturated rings. The third kappa shape index (κ3) is 3.93. The van der Waals surface area contributed by atoms with Crippen LogP contribution in [0.4, 0.5) is 0 Å². The maximum Gasteiger partial charge on any atom is 0.251 e. The fraction of sp³-hybridized carbons (Fsp3) is 0.188. The monoisotopic (exact) mass is 395 g/mol. The molecular weight excluding hydrogens is 382 g/mol. The molecule has 20 heavy (non-hydrogen) atoms. The molecule has 0 heterocycles. The summed E-state index contributed by atoms with van der Waals surface area (Å²) in [7, 11) is 0. The average Bonchev–Trinajstić information content (AvgIpc) is 2.38. The minimum atomic E-state index is -0.0650. The Hall–Kier alpha value is -1.13. The molecule has 2 rings (SSSR count). The third-order valence-electron chi connectivity index (χ3n) is 3.02. The van der Waals surface area contributed by atoms with E-state index in [2.05, 4.69) is 37.2 Å². The molecule has 104 valence electrons. The summed E-state index contributed by atoms with van der Waals surface area (Å²) in [6.07, 6.45) is 0. The van der Waals surface area contributed by atoms with Crippen molar-refractivity contribution >= 4 is 37.8 Å². The highest BCUT2D eigenvalue weighted by Crippen LogP contribution is 2.19. The molecule has 4 heteroatoms. The fourth-order valence-corrected chi connectivity index (χ4v) is 2.85. The molecule has 0 bridgehead atoms. The van der Waals surface area contributed by atoms with Crippen LogP contribution in [-0.2, 0) is 0 Å². The van der Waals surface area contributed by atoms with Gasteiger partial charge in [0.25, 0.3) is 5.91 Å². The lowest BCUT2D eigenvalue weighted by atomic mass is 10.1. The number of amides is 1. The van der Waals surface area contributed by atoms with Gasteiger partial charge >= 0.3 is 0 Å². The molecule has 0 aliphatic carbocycles. The van der Waals surface area contributed by atoms with Gasteiger partial charge in [-0.3, -0.25) is 4.79 Å². The van der Waals surface area contributed by atoms with Crippen LogP contribution in [0.25, 0.3) is 0 Å². The average molecular weight is 397 g/mol. The predicted molar refractivity (Wildman–Crippen MR) is 88.9 cm³/mol. The van der Waals surface area contributed by atoms with Gasteiger partial charge < -0.3 is 5.32 Å². The normalized spacial score (nSPS) is 12.0. The number of hydrogen-bond donors (Lipinski definition) is 1. The maximum absolute atomic E-state index is 12.3. The molecule has 1 N–H and O–H groups in total. The van der Waals surface area contributed by atoms with Crippen LogP contribution in [0.5, 0.6) is 0 Å². The molecule has 1 unspecified atom stereocenters. The first-order valence-corrected chi connectivity index (χ1v) is 7.88. The number of rotatable bonds is 3. The molecular formula is C16H15Br2NO. The van der Waals surface area contributed by atoms with E-state index in [4.69, 9.17) is 0 Å². The van der Waals surface area contributed by atoms with Gasteiger partial charge in [0.15, 0.2) is 0 Å². The topological polar surface area (TPSA) is 29.1 Å². The summed E-state index contributed by atoms with van der Waals surface area (Å²) in [5.41, 5.74) is 2.80. The molecule has 0 radical (unpaired) electrons. The minimum Gasteiger partial charge on any atom is -0.346 e. The van der Waals surface area contributed by atoms with Crippen molar-refractivity contribution in [2.24, 2.45) is 0 Å². The first kappa shape index (κ1) is 15.3. The third-order valence-corrected chi connectivity index (χ3v) is 4.01. The summed E-state index contributed by atoms with van der Waals surface area (Å²) in [5, 5.41) is 3.01. The molecule has 0 saturated heterocycles. The van der Waals surface area contributed by atoms with Crippen LogP contribution in [0.15, 0.2) is 51.4 Å². The van der Waals surface area contributed by atoms with Crippen molar-refractivity contribution in [1.82, 2.24) is 5.32 Å². The quantitative estimate of drug-likeness (QED) is 0.775. The molecule has 0 saturated carbocycles. The van der Waals surface area contributed by atoms with E-state index in [1.807, 2.05) is 56.3 Å². The van der Waals surface area contributed by atoms with Crippen LogP contribution >= 0.6 is 31.9 Å². The second-order valence-electron chi connectivity index (χ2n) is 4.76. The van der Waals surface area contributed by atoms with Gasteiger partial charge in [0, 0.05) is 14.5 Å². The van der Waals surface area contributed by atoms with Crippen molar-refractivity contribution in [3.8, 4) is 0 Å². The number of carbonyl (C=O) groups excluding carboxylic acids is 1. The van der Waals surface area contributed by atoms with Crippen molar-refractivity contribution < 1.29 is 4.79 Å². The molecule has 0 aliphatic rings. The van der Waals surface area contributed by atoms with E-state index in [-0.39, 0.29) is 11.9 Å². The Labute approximate surface area is 135 Å². The number of aryl methyl sites for hydroxylation is 1. The van der Waals surface area contributed by atoms with Gasteiger partial charge in [-0.15, -0.1) is 0 Å². The molecule has 2 aromatic carbocycles. The molecule has 0 aromatic heterocycles. The lowest BCUT2D eigenvalue weighted by Gasteiger charge is -2.15. The van der Waals surface area contributed by atoms with Crippen molar-refractivity contribution in [1.29, 1.82) is 0 Å². The van der Waals surface area contributed by atoms with Crippen LogP contribution < -0.4 is 5.32 Å². The Morgan fingerprint density at radius 1 is 1.05 bits per heavy atom. The molecule has 0 spiro atoms. The summed E-state index contributed by atoms with van der Waals surface area (Å²) in [6.45, 7) is 3.95. The van der Waals surface area contributed by atoms with Gasteiger partial charge in [-0.25, -0.2) is 0 Å². The van der Waals surface area contributed by atoms with Crippen LogP contribution in [0, 0.1) is 6.92 Å². The zero-order valence-electron chi connectivity index (χ0n) is 11.3. The van der Waals surface area contributed by atoms with Gasteiger partial charge in [0.2, 0.25) is 0 Å². The molecule has 1 amide bonds. The van der Waals surface area contributed by atoms with Crippen LogP contribution in [0.2, 0.25) is 0 Å². The largest absolute Gasteiger partial charge is 0.346 e. The van der Waals surface area contributed by atoms with E-state index in [9.17, 15) is 4.79 Å². The van der Waals surface area contributed by atoms with E-state index in [1.165, 1.54) is 0 Å². The van der Waals surface area contributed by atoms with E-state index >= 15 is 0 Å². The predicted octanol–water partition coefficient (Wildman–Crippen LogP) is 5.01. The Balaban J connectivity index is 2.12. The Kier molecular flexibility index (Phi) is 5.00. The molecule has 2 aromatic rings. The minimum absolute atomic E-state index is 0.0325. The zero-order chi connectivity index (χ0) is 14.7. The van der Waals surface area contributed by atoms with Crippen LogP contribution in [-0.4, -0.2) is 5.91 Å². The van der Waals surface area contributed by atoms with Crippen molar-refractivity contribution in [3.05, 3.63) is 68.1 Å². The fourth-order valence-electron chi connectivity index (χ4n) is 1.98. The number of halogens is 2. The smallest absolute Gasteiger partial charge is 0.251 e. The number of hydrogen-bond acceptors (Lipinski definition) is 1. The number of carbonyl (C=O) groups is 1. The van der Waals surface area contributed by atoms with Crippen LogP contribution in [0.3, 0.4) is 0 Å². The second kappa shape index (κ2) is 6.55. The standard InChI is InChI=1S/C16H15Br2NO/c1-10-7-13(9-15(18)8-10)16(20)19-11(2)12-3-5-14(17)6-4-12/h3-9,11H,1-2H3,(H,19,20). The lowest BCUT2D eigenvalue weighted by molar-refractivity contribution is 0.0939. The summed E-state index contributed by atoms with van der Waals surface area (Å²) in [5.74, 6) is -0.0650. The van der Waals surface area contributed by atoms with Gasteiger partial charge in [0.05, 0.1) is 6.04 Å². The SMILES string of the molecule is Cc1cc(Br)cc(C(=O)NC(C)c2ccc(Br)cc2)c1. The van der Waals surface area contributed by atoms with Gasteiger partial charge in [-0.05, 0) is 55.3 Å². The Bertz CT molecular complexity index is 603. The number of benzene rings is 2. The van der Waals surface area contributed by atoms with Crippen molar-refractivity contribution in [2.75, 3.05) is 0 Å². The Morgan fingerprint density at radius 2 is 1.70 bits per heavy atom. The maximum atomic E-state index is 12.3. The van der Waals surface area contributed by atoms with Gasteiger partial charge in [-0.1, -0.05) is 44.0 Å². The summed E-state index contributed by atoms with van der Waals surface area (Å²) in [4.78, 5) is 12.3. The van der Waals surface area contributed by atoms with E-state index in [1.54, 1.807) is 0 Å². The van der Waals surface area contributed by atoms with Crippen molar-refractivity contribution in [2.45, 2.75) is 19.9 Å². The molecule has 2 nitrogen and oxygen atoms in total. The second-order valence-corrected chi connectivity index (χ2v) is 6.60. The summed E-state index contributed by atoms with van der Waals surface area (Å²) < 4.78 is 1.95. The summed E-state index contributed by atoms with van der Waals surface area (Å²) in [6, 6.07) is 13.6. The first-order valence-electron chi connectivity index (χ1n) is 6.29.